The lowest BCUT2D eigenvalue weighted by molar-refractivity contribution is -0.152. The second-order valence-electron chi connectivity index (χ2n) is 4.47. The first-order valence-electron chi connectivity index (χ1n) is 5.95. The minimum atomic E-state index is -1.32. The molecule has 1 saturated heterocycles. The van der Waals surface area contributed by atoms with Gasteiger partial charge in [-0.15, -0.1) is 0 Å². The van der Waals surface area contributed by atoms with Crippen molar-refractivity contribution in [3.05, 3.63) is 35.1 Å². The molecule has 4 nitrogen and oxygen atoms in total. The van der Waals surface area contributed by atoms with Gasteiger partial charge in [-0.1, -0.05) is 0 Å². The average Bonchev–Trinajstić information content (AvgIpc) is 2.42. The van der Waals surface area contributed by atoms with E-state index in [4.69, 9.17) is 0 Å². The van der Waals surface area contributed by atoms with Gasteiger partial charge in [0.2, 0.25) is 5.91 Å². The summed E-state index contributed by atoms with van der Waals surface area (Å²) in [5.74, 6) is -7.14. The van der Waals surface area contributed by atoms with E-state index in [-0.39, 0.29) is 18.5 Å². The Morgan fingerprint density at radius 1 is 1.25 bits per heavy atom. The summed E-state index contributed by atoms with van der Waals surface area (Å²) in [7, 11) is 1.10. The highest BCUT2D eigenvalue weighted by atomic mass is 19.2. The number of methoxy groups -OCH3 is 1. The summed E-state index contributed by atoms with van der Waals surface area (Å²) in [6, 6.07) is 1.09. The molecular weight excluding hydrogens is 275 g/mol. The van der Waals surface area contributed by atoms with Crippen LogP contribution in [0, 0.1) is 23.4 Å². The number of hydrogen-bond acceptors (Lipinski definition) is 3. The molecule has 1 N–H and O–H groups in total. The Bertz CT molecular complexity index is 554. The van der Waals surface area contributed by atoms with Crippen molar-refractivity contribution in [2.75, 3.05) is 13.7 Å². The number of halogens is 3. The number of piperidine rings is 1. The minimum absolute atomic E-state index is 0.200. The third kappa shape index (κ3) is 2.48. The number of ether oxygens (including phenoxy) is 1. The zero-order valence-electron chi connectivity index (χ0n) is 10.6. The van der Waals surface area contributed by atoms with Crippen molar-refractivity contribution in [3.63, 3.8) is 0 Å². The number of hydrogen-bond donors (Lipinski definition) is 1. The Kier molecular flexibility index (Phi) is 3.96. The molecule has 7 heteroatoms. The number of benzene rings is 1. The van der Waals surface area contributed by atoms with E-state index in [1.54, 1.807) is 0 Å². The normalized spacial score (nSPS) is 22.3. The summed E-state index contributed by atoms with van der Waals surface area (Å²) < 4.78 is 44.5. The Labute approximate surface area is 112 Å². The van der Waals surface area contributed by atoms with Crippen molar-refractivity contribution in [2.24, 2.45) is 5.92 Å². The fraction of sp³-hybridized carbons (Fsp3) is 0.385. The van der Waals surface area contributed by atoms with Gasteiger partial charge in [0.25, 0.3) is 0 Å². The van der Waals surface area contributed by atoms with Crippen molar-refractivity contribution in [3.8, 4) is 0 Å². The second-order valence-corrected chi connectivity index (χ2v) is 4.47. The predicted molar refractivity (Wildman–Crippen MR) is 62.2 cm³/mol. The van der Waals surface area contributed by atoms with Gasteiger partial charge < -0.3 is 10.1 Å². The monoisotopic (exact) mass is 287 g/mol. The number of amides is 1. The SMILES string of the molecule is COC(=O)C1C(=O)NCCC1c1cc(F)c(F)cc1F. The summed E-state index contributed by atoms with van der Waals surface area (Å²) in [5.41, 5.74) is -0.200. The average molecular weight is 287 g/mol. The second kappa shape index (κ2) is 5.52. The molecule has 0 bridgehead atoms. The predicted octanol–water partition coefficient (Wildman–Crippen LogP) is 1.50. The van der Waals surface area contributed by atoms with Crippen LogP contribution >= 0.6 is 0 Å². The lowest BCUT2D eigenvalue weighted by atomic mass is 9.80. The number of rotatable bonds is 2. The molecule has 0 spiro atoms. The van der Waals surface area contributed by atoms with Crippen LogP contribution in [0.25, 0.3) is 0 Å². The number of esters is 1. The third-order valence-electron chi connectivity index (χ3n) is 3.33. The van der Waals surface area contributed by atoms with Gasteiger partial charge in [0.15, 0.2) is 11.6 Å². The quantitative estimate of drug-likeness (QED) is 0.509. The lowest BCUT2D eigenvalue weighted by Crippen LogP contribution is -2.45. The van der Waals surface area contributed by atoms with E-state index in [9.17, 15) is 22.8 Å². The smallest absolute Gasteiger partial charge is 0.318 e. The van der Waals surface area contributed by atoms with Crippen LogP contribution in [0.4, 0.5) is 13.2 Å². The largest absolute Gasteiger partial charge is 0.468 e. The molecule has 2 unspecified atom stereocenters. The van der Waals surface area contributed by atoms with E-state index < -0.39 is 41.2 Å². The van der Waals surface area contributed by atoms with Gasteiger partial charge in [-0.05, 0) is 18.1 Å². The van der Waals surface area contributed by atoms with Crippen LogP contribution in [-0.2, 0) is 14.3 Å². The van der Waals surface area contributed by atoms with E-state index in [2.05, 4.69) is 10.1 Å². The maximum Gasteiger partial charge on any atom is 0.318 e. The van der Waals surface area contributed by atoms with Crippen molar-refractivity contribution in [1.29, 1.82) is 0 Å². The van der Waals surface area contributed by atoms with Gasteiger partial charge >= 0.3 is 5.97 Å². The maximum absolute atomic E-state index is 13.8. The van der Waals surface area contributed by atoms with Crippen LogP contribution in [0.1, 0.15) is 17.9 Å². The number of carbonyl (C=O) groups is 2. The molecule has 1 aliphatic heterocycles. The fourth-order valence-corrected chi connectivity index (χ4v) is 2.37. The summed E-state index contributed by atoms with van der Waals surface area (Å²) >= 11 is 0. The Hall–Kier alpha value is -2.05. The van der Waals surface area contributed by atoms with E-state index in [1.807, 2.05) is 0 Å². The Morgan fingerprint density at radius 2 is 1.90 bits per heavy atom. The third-order valence-corrected chi connectivity index (χ3v) is 3.33. The van der Waals surface area contributed by atoms with Crippen molar-refractivity contribution < 1.29 is 27.5 Å². The summed E-state index contributed by atoms with van der Waals surface area (Å²) in [6.07, 6.45) is 0.230. The van der Waals surface area contributed by atoms with Gasteiger partial charge in [-0.3, -0.25) is 9.59 Å². The molecule has 0 saturated carbocycles. The first kappa shape index (κ1) is 14.4. The first-order valence-corrected chi connectivity index (χ1v) is 5.95. The molecule has 20 heavy (non-hydrogen) atoms. The molecule has 1 aliphatic rings. The minimum Gasteiger partial charge on any atom is -0.468 e. The van der Waals surface area contributed by atoms with Gasteiger partial charge in [-0.25, -0.2) is 13.2 Å². The standard InChI is InChI=1S/C13H12F3NO3/c1-20-13(19)11-6(2-3-17-12(11)18)7-4-9(15)10(16)5-8(7)14/h4-6,11H,2-3H2,1H3,(H,17,18). The van der Waals surface area contributed by atoms with Crippen LogP contribution in [0.5, 0.6) is 0 Å². The highest BCUT2D eigenvalue weighted by Gasteiger charge is 2.40. The van der Waals surface area contributed by atoms with Crippen LogP contribution in [0.3, 0.4) is 0 Å². The molecule has 0 aromatic heterocycles. The molecule has 1 aromatic carbocycles. The van der Waals surface area contributed by atoms with E-state index in [0.717, 1.165) is 7.11 Å². The Morgan fingerprint density at radius 3 is 2.55 bits per heavy atom. The van der Waals surface area contributed by atoms with Crippen molar-refractivity contribution >= 4 is 11.9 Å². The molecular formula is C13H12F3NO3. The zero-order valence-corrected chi connectivity index (χ0v) is 10.6. The first-order chi connectivity index (χ1) is 9.45. The molecule has 108 valence electrons. The lowest BCUT2D eigenvalue weighted by Gasteiger charge is -2.29. The maximum atomic E-state index is 13.8. The van der Waals surface area contributed by atoms with Crippen LogP contribution in [0.15, 0.2) is 12.1 Å². The molecule has 1 heterocycles. The summed E-state index contributed by atoms with van der Waals surface area (Å²) in [5, 5.41) is 2.46. The summed E-state index contributed by atoms with van der Waals surface area (Å²) in [6.45, 7) is 0.218. The summed E-state index contributed by atoms with van der Waals surface area (Å²) in [4.78, 5) is 23.4. The fourth-order valence-electron chi connectivity index (χ4n) is 2.37. The van der Waals surface area contributed by atoms with E-state index >= 15 is 0 Å². The van der Waals surface area contributed by atoms with Crippen LogP contribution in [-0.4, -0.2) is 25.5 Å². The molecule has 1 amide bonds. The number of nitrogens with one attached hydrogen (secondary N) is 1. The molecule has 2 rings (SSSR count). The molecule has 1 aromatic rings. The molecule has 1 fully saturated rings. The van der Waals surface area contributed by atoms with Crippen LogP contribution in [0.2, 0.25) is 0 Å². The van der Waals surface area contributed by atoms with Gasteiger partial charge in [0, 0.05) is 18.5 Å². The molecule has 0 radical (unpaired) electrons. The molecule has 2 atom stereocenters. The van der Waals surface area contributed by atoms with Crippen LogP contribution < -0.4 is 5.32 Å². The van der Waals surface area contributed by atoms with Crippen molar-refractivity contribution in [2.45, 2.75) is 12.3 Å². The highest BCUT2D eigenvalue weighted by molar-refractivity contribution is 5.99. The Balaban J connectivity index is 2.45. The number of carbonyl (C=O) groups excluding carboxylic acids is 2. The molecule has 0 aliphatic carbocycles. The zero-order chi connectivity index (χ0) is 14.9. The van der Waals surface area contributed by atoms with E-state index in [0.29, 0.717) is 12.1 Å². The highest BCUT2D eigenvalue weighted by Crippen LogP contribution is 2.34. The van der Waals surface area contributed by atoms with E-state index in [1.165, 1.54) is 0 Å². The van der Waals surface area contributed by atoms with Crippen molar-refractivity contribution in [1.82, 2.24) is 5.32 Å². The van der Waals surface area contributed by atoms with Gasteiger partial charge in [0.05, 0.1) is 7.11 Å². The van der Waals surface area contributed by atoms with Gasteiger partial charge in [-0.2, -0.15) is 0 Å². The van der Waals surface area contributed by atoms with Gasteiger partial charge in [0.1, 0.15) is 11.7 Å². The topological polar surface area (TPSA) is 55.4 Å².